The van der Waals surface area contributed by atoms with Crippen LogP contribution in [0.1, 0.15) is 18.4 Å². The highest BCUT2D eigenvalue weighted by molar-refractivity contribution is 7.99. The van der Waals surface area contributed by atoms with Crippen molar-refractivity contribution in [3.05, 3.63) is 29.8 Å². The summed E-state index contributed by atoms with van der Waals surface area (Å²) in [6.07, 6.45) is 0.431. The Morgan fingerprint density at radius 2 is 2.10 bits per heavy atom. The van der Waals surface area contributed by atoms with Gasteiger partial charge in [-0.2, -0.15) is 17.0 Å². The van der Waals surface area contributed by atoms with Gasteiger partial charge in [-0.3, -0.25) is 4.79 Å². The SMILES string of the molecule is N#Cc1ccc(NC(=O)CCCSCC(O)CO)cc1. The standard InChI is InChI=1S/C14H18N2O3S/c15-8-11-3-5-12(6-4-11)16-14(19)2-1-7-20-10-13(18)9-17/h3-6,13,17-18H,1-2,7,9-10H2,(H,16,19). The number of amides is 1. The predicted molar refractivity (Wildman–Crippen MR) is 79.4 cm³/mol. The first-order chi connectivity index (χ1) is 9.65. The minimum Gasteiger partial charge on any atom is -0.394 e. The van der Waals surface area contributed by atoms with Crippen molar-refractivity contribution in [3.63, 3.8) is 0 Å². The molecular weight excluding hydrogens is 276 g/mol. The third-order valence-corrected chi connectivity index (χ3v) is 3.71. The van der Waals surface area contributed by atoms with E-state index in [1.807, 2.05) is 6.07 Å². The number of aliphatic hydroxyl groups is 2. The van der Waals surface area contributed by atoms with Gasteiger partial charge in [-0.15, -0.1) is 0 Å². The lowest BCUT2D eigenvalue weighted by atomic mass is 10.2. The van der Waals surface area contributed by atoms with Crippen LogP contribution in [-0.2, 0) is 4.79 Å². The molecule has 20 heavy (non-hydrogen) atoms. The molecule has 0 radical (unpaired) electrons. The van der Waals surface area contributed by atoms with Crippen molar-refractivity contribution < 1.29 is 15.0 Å². The van der Waals surface area contributed by atoms with Gasteiger partial charge in [-0.25, -0.2) is 0 Å². The van der Waals surface area contributed by atoms with E-state index in [9.17, 15) is 4.79 Å². The lowest BCUT2D eigenvalue weighted by Crippen LogP contribution is -2.15. The quantitative estimate of drug-likeness (QED) is 0.630. The smallest absolute Gasteiger partial charge is 0.224 e. The number of nitrogens with one attached hydrogen (secondary N) is 1. The first kappa shape index (κ1) is 16.5. The number of hydrogen-bond acceptors (Lipinski definition) is 5. The van der Waals surface area contributed by atoms with E-state index in [1.54, 1.807) is 24.3 Å². The second-order valence-corrected chi connectivity index (χ2v) is 5.40. The number of carbonyl (C=O) groups excluding carboxylic acids is 1. The summed E-state index contributed by atoms with van der Waals surface area (Å²) in [7, 11) is 0. The van der Waals surface area contributed by atoms with Crippen LogP contribution in [0.2, 0.25) is 0 Å². The van der Waals surface area contributed by atoms with E-state index < -0.39 is 6.10 Å². The summed E-state index contributed by atoms with van der Waals surface area (Å²) >= 11 is 1.51. The second-order valence-electron chi connectivity index (χ2n) is 4.25. The Labute approximate surface area is 122 Å². The molecule has 1 unspecified atom stereocenters. The molecule has 1 aromatic carbocycles. The fraction of sp³-hybridized carbons (Fsp3) is 0.429. The van der Waals surface area contributed by atoms with Crippen LogP contribution in [0.25, 0.3) is 0 Å². The number of rotatable bonds is 8. The zero-order valence-electron chi connectivity index (χ0n) is 11.1. The third-order valence-electron chi connectivity index (χ3n) is 2.51. The molecular formula is C14H18N2O3S. The van der Waals surface area contributed by atoms with Crippen molar-refractivity contribution in [1.82, 2.24) is 0 Å². The molecule has 0 aliphatic heterocycles. The number of hydrogen-bond donors (Lipinski definition) is 3. The molecule has 0 bridgehead atoms. The van der Waals surface area contributed by atoms with E-state index in [2.05, 4.69) is 5.32 Å². The second kappa shape index (κ2) is 9.37. The molecule has 0 saturated carbocycles. The number of anilines is 1. The molecule has 3 N–H and O–H groups in total. The number of nitrogens with zero attached hydrogens (tertiary/aromatic N) is 1. The van der Waals surface area contributed by atoms with Gasteiger partial charge >= 0.3 is 0 Å². The van der Waals surface area contributed by atoms with Crippen LogP contribution in [0, 0.1) is 11.3 Å². The number of nitriles is 1. The van der Waals surface area contributed by atoms with E-state index in [0.717, 1.165) is 5.75 Å². The van der Waals surface area contributed by atoms with Gasteiger partial charge in [0.2, 0.25) is 5.91 Å². The summed E-state index contributed by atoms with van der Waals surface area (Å²) < 4.78 is 0. The summed E-state index contributed by atoms with van der Waals surface area (Å²) in [5.41, 5.74) is 1.24. The van der Waals surface area contributed by atoms with Crippen LogP contribution in [-0.4, -0.2) is 40.3 Å². The van der Waals surface area contributed by atoms with Crippen molar-refractivity contribution in [1.29, 1.82) is 5.26 Å². The monoisotopic (exact) mass is 294 g/mol. The lowest BCUT2D eigenvalue weighted by Gasteiger charge is -2.07. The molecule has 1 amide bonds. The third kappa shape index (κ3) is 6.57. The topological polar surface area (TPSA) is 93.4 Å². The zero-order chi connectivity index (χ0) is 14.8. The average Bonchev–Trinajstić information content (AvgIpc) is 2.47. The van der Waals surface area contributed by atoms with Gasteiger partial charge < -0.3 is 15.5 Å². The summed E-state index contributed by atoms with van der Waals surface area (Å²) in [5, 5.41) is 29.2. The van der Waals surface area contributed by atoms with Crippen LogP contribution in [0.4, 0.5) is 5.69 Å². The molecule has 0 saturated heterocycles. The largest absolute Gasteiger partial charge is 0.394 e. The highest BCUT2D eigenvalue weighted by atomic mass is 32.2. The molecule has 1 aromatic rings. The first-order valence-corrected chi connectivity index (χ1v) is 7.48. The van der Waals surface area contributed by atoms with Crippen LogP contribution in [0.3, 0.4) is 0 Å². The average molecular weight is 294 g/mol. The maximum atomic E-state index is 11.6. The van der Waals surface area contributed by atoms with Crippen LogP contribution in [0.15, 0.2) is 24.3 Å². The minimum absolute atomic E-state index is 0.0713. The summed E-state index contributed by atoms with van der Waals surface area (Å²) in [5.74, 6) is 1.17. The Kier molecular flexibility index (Phi) is 7.73. The van der Waals surface area contributed by atoms with E-state index >= 15 is 0 Å². The summed E-state index contributed by atoms with van der Waals surface area (Å²) in [4.78, 5) is 11.6. The molecule has 5 nitrogen and oxygen atoms in total. The van der Waals surface area contributed by atoms with Crippen molar-refractivity contribution in [3.8, 4) is 6.07 Å². The molecule has 0 aromatic heterocycles. The van der Waals surface area contributed by atoms with E-state index in [1.165, 1.54) is 11.8 Å². The molecule has 1 atom stereocenters. The van der Waals surface area contributed by atoms with Crippen LogP contribution >= 0.6 is 11.8 Å². The highest BCUT2D eigenvalue weighted by Gasteiger charge is 2.04. The molecule has 0 fully saturated rings. The maximum Gasteiger partial charge on any atom is 0.224 e. The van der Waals surface area contributed by atoms with Crippen molar-refractivity contribution in [2.45, 2.75) is 18.9 Å². The van der Waals surface area contributed by atoms with E-state index in [-0.39, 0.29) is 12.5 Å². The van der Waals surface area contributed by atoms with Gasteiger partial charge in [0.05, 0.1) is 24.3 Å². The molecule has 0 heterocycles. The van der Waals surface area contributed by atoms with E-state index in [4.69, 9.17) is 15.5 Å². The molecule has 0 aliphatic carbocycles. The van der Waals surface area contributed by atoms with Gasteiger partial charge in [-0.1, -0.05) is 0 Å². The summed E-state index contributed by atoms with van der Waals surface area (Å²) in [6, 6.07) is 8.72. The van der Waals surface area contributed by atoms with Crippen LogP contribution in [0.5, 0.6) is 0 Å². The lowest BCUT2D eigenvalue weighted by molar-refractivity contribution is -0.116. The molecule has 0 aliphatic rings. The molecule has 1 rings (SSSR count). The summed E-state index contributed by atoms with van der Waals surface area (Å²) in [6.45, 7) is -0.230. The van der Waals surface area contributed by atoms with Crippen molar-refractivity contribution >= 4 is 23.4 Å². The maximum absolute atomic E-state index is 11.6. The van der Waals surface area contributed by atoms with Crippen molar-refractivity contribution in [2.75, 3.05) is 23.4 Å². The Morgan fingerprint density at radius 3 is 2.70 bits per heavy atom. The molecule has 108 valence electrons. The Bertz CT molecular complexity index is 456. The number of thioether (sulfide) groups is 1. The van der Waals surface area contributed by atoms with Gasteiger partial charge in [0.15, 0.2) is 0 Å². The normalized spacial score (nSPS) is 11.7. The Balaban J connectivity index is 2.18. The first-order valence-electron chi connectivity index (χ1n) is 6.32. The molecule has 0 spiro atoms. The fourth-order valence-electron chi connectivity index (χ4n) is 1.46. The van der Waals surface area contributed by atoms with Gasteiger partial charge in [-0.05, 0) is 36.4 Å². The predicted octanol–water partition coefficient (Wildman–Crippen LogP) is 1.36. The molecule has 6 heteroatoms. The fourth-order valence-corrected chi connectivity index (χ4v) is 2.35. The van der Waals surface area contributed by atoms with Crippen LogP contribution < -0.4 is 5.32 Å². The van der Waals surface area contributed by atoms with Gasteiger partial charge in [0, 0.05) is 17.9 Å². The number of carbonyl (C=O) groups is 1. The Hall–Kier alpha value is -1.55. The minimum atomic E-state index is -0.688. The number of benzene rings is 1. The highest BCUT2D eigenvalue weighted by Crippen LogP contribution is 2.11. The van der Waals surface area contributed by atoms with Crippen molar-refractivity contribution in [2.24, 2.45) is 0 Å². The number of aliphatic hydroxyl groups excluding tert-OH is 2. The van der Waals surface area contributed by atoms with E-state index in [0.29, 0.717) is 29.8 Å². The Morgan fingerprint density at radius 1 is 1.40 bits per heavy atom. The van der Waals surface area contributed by atoms with Gasteiger partial charge in [0.25, 0.3) is 0 Å². The van der Waals surface area contributed by atoms with Gasteiger partial charge in [0.1, 0.15) is 0 Å². The zero-order valence-corrected chi connectivity index (χ0v) is 11.9.